The molecule has 134 valence electrons. The van der Waals surface area contributed by atoms with Gasteiger partial charge in [-0.15, -0.1) is 11.3 Å². The minimum absolute atomic E-state index is 0.101. The molecule has 1 aromatic carbocycles. The Bertz CT molecular complexity index is 819. The van der Waals surface area contributed by atoms with Crippen LogP contribution >= 0.6 is 11.3 Å². The number of amides is 1. The van der Waals surface area contributed by atoms with Gasteiger partial charge < -0.3 is 14.7 Å². The summed E-state index contributed by atoms with van der Waals surface area (Å²) in [6.45, 7) is 2.48. The van der Waals surface area contributed by atoms with Crippen LogP contribution in [0.15, 0.2) is 18.2 Å². The Balaban J connectivity index is 2.05. The fraction of sp³-hybridized carbons (Fsp3) is 0.444. The number of carbonyl (C=O) groups is 2. The first-order valence-electron chi connectivity index (χ1n) is 8.16. The molecule has 3 rings (SSSR count). The lowest BCUT2D eigenvalue weighted by molar-refractivity contribution is -0.144. The van der Waals surface area contributed by atoms with Gasteiger partial charge in [0.2, 0.25) is 0 Å². The largest absolute Gasteiger partial charge is 0.480 e. The fourth-order valence-electron chi connectivity index (χ4n) is 3.37. The van der Waals surface area contributed by atoms with Gasteiger partial charge >= 0.3 is 5.97 Å². The van der Waals surface area contributed by atoms with Crippen molar-refractivity contribution in [3.05, 3.63) is 34.5 Å². The second-order valence-corrected chi connectivity index (χ2v) is 7.49. The van der Waals surface area contributed by atoms with Crippen molar-refractivity contribution in [1.29, 1.82) is 0 Å². The highest BCUT2D eigenvalue weighted by atomic mass is 32.1. The molecule has 1 amide bonds. The average Bonchev–Trinajstić information content (AvgIpc) is 2.94. The van der Waals surface area contributed by atoms with Gasteiger partial charge in [-0.2, -0.15) is 0 Å². The zero-order valence-corrected chi connectivity index (χ0v) is 14.9. The Morgan fingerprint density at radius 2 is 2.20 bits per heavy atom. The summed E-state index contributed by atoms with van der Waals surface area (Å²) >= 11 is 1.19. The standard InChI is InChI=1S/C18H20FNO4S/c1-10-6-7-20(13(8-10)18(22)23)17(21)16-11(9-24-2)15-12(19)4-3-5-14(15)25-16/h3-5,10,13H,6-9H2,1-2H3,(H,22,23). The number of thiophene rings is 1. The van der Waals surface area contributed by atoms with Crippen molar-refractivity contribution in [2.24, 2.45) is 5.92 Å². The van der Waals surface area contributed by atoms with Crippen molar-refractivity contribution in [2.75, 3.05) is 13.7 Å². The molecule has 7 heteroatoms. The molecule has 0 saturated carbocycles. The number of hydrogen-bond acceptors (Lipinski definition) is 4. The Hall–Kier alpha value is -1.99. The molecule has 1 aliphatic heterocycles. The van der Waals surface area contributed by atoms with Gasteiger partial charge in [-0.1, -0.05) is 13.0 Å². The number of halogens is 1. The van der Waals surface area contributed by atoms with Crippen LogP contribution in [-0.4, -0.2) is 41.6 Å². The maximum atomic E-state index is 14.3. The molecule has 1 aliphatic rings. The molecule has 2 unspecified atom stereocenters. The number of ether oxygens (including phenoxy) is 1. The lowest BCUT2D eigenvalue weighted by Crippen LogP contribution is -2.49. The minimum atomic E-state index is -1.000. The van der Waals surface area contributed by atoms with E-state index in [1.54, 1.807) is 12.1 Å². The molecule has 0 aliphatic carbocycles. The van der Waals surface area contributed by atoms with Crippen molar-refractivity contribution < 1.29 is 23.8 Å². The fourth-order valence-corrected chi connectivity index (χ4v) is 4.55. The number of benzene rings is 1. The van der Waals surface area contributed by atoms with E-state index in [2.05, 4.69) is 0 Å². The van der Waals surface area contributed by atoms with Crippen LogP contribution < -0.4 is 0 Å². The highest BCUT2D eigenvalue weighted by Crippen LogP contribution is 2.36. The first kappa shape index (κ1) is 17.8. The van der Waals surface area contributed by atoms with Crippen LogP contribution in [0.5, 0.6) is 0 Å². The number of likely N-dealkylation sites (tertiary alicyclic amines) is 1. The SMILES string of the molecule is COCc1c(C(=O)N2CCC(C)CC2C(=O)O)sc2cccc(F)c12. The van der Waals surface area contributed by atoms with E-state index < -0.39 is 17.8 Å². The van der Waals surface area contributed by atoms with E-state index >= 15 is 0 Å². The minimum Gasteiger partial charge on any atom is -0.480 e. The number of nitrogens with zero attached hydrogens (tertiary/aromatic N) is 1. The third-order valence-electron chi connectivity index (χ3n) is 4.66. The zero-order chi connectivity index (χ0) is 18.1. The molecule has 2 heterocycles. The molecule has 1 saturated heterocycles. The predicted octanol–water partition coefficient (Wildman–Crippen LogP) is 3.51. The van der Waals surface area contributed by atoms with Crippen LogP contribution in [0.4, 0.5) is 4.39 Å². The van der Waals surface area contributed by atoms with E-state index in [1.807, 2.05) is 6.92 Å². The van der Waals surface area contributed by atoms with Crippen LogP contribution in [0.1, 0.15) is 35.0 Å². The molecule has 5 nitrogen and oxygen atoms in total. The lowest BCUT2D eigenvalue weighted by atomic mass is 9.92. The molecule has 1 N–H and O–H groups in total. The quantitative estimate of drug-likeness (QED) is 0.900. The summed E-state index contributed by atoms with van der Waals surface area (Å²) in [7, 11) is 1.49. The first-order chi connectivity index (χ1) is 11.9. The van der Waals surface area contributed by atoms with Crippen LogP contribution in [0.25, 0.3) is 10.1 Å². The van der Waals surface area contributed by atoms with E-state index in [9.17, 15) is 19.1 Å². The van der Waals surface area contributed by atoms with Gasteiger partial charge in [0.05, 0.1) is 11.5 Å². The number of aliphatic carboxylic acids is 1. The van der Waals surface area contributed by atoms with Crippen molar-refractivity contribution in [3.8, 4) is 0 Å². The number of carbonyl (C=O) groups excluding carboxylic acids is 1. The monoisotopic (exact) mass is 365 g/mol. The summed E-state index contributed by atoms with van der Waals surface area (Å²) in [4.78, 5) is 26.5. The summed E-state index contributed by atoms with van der Waals surface area (Å²) in [5, 5.41) is 9.89. The molecular formula is C18H20FNO4S. The summed E-state index contributed by atoms with van der Waals surface area (Å²) < 4.78 is 20.1. The lowest BCUT2D eigenvalue weighted by Gasteiger charge is -2.35. The Morgan fingerprint density at radius 1 is 1.44 bits per heavy atom. The van der Waals surface area contributed by atoms with Gasteiger partial charge in [-0.05, 0) is 30.9 Å². The number of fused-ring (bicyclic) bond motifs is 1. The van der Waals surface area contributed by atoms with Gasteiger partial charge in [-0.3, -0.25) is 4.79 Å². The van der Waals surface area contributed by atoms with Crippen molar-refractivity contribution in [1.82, 2.24) is 4.90 Å². The zero-order valence-electron chi connectivity index (χ0n) is 14.1. The highest BCUT2D eigenvalue weighted by molar-refractivity contribution is 7.21. The summed E-state index contributed by atoms with van der Waals surface area (Å²) in [5.41, 5.74) is 0.494. The summed E-state index contributed by atoms with van der Waals surface area (Å²) in [6, 6.07) is 3.86. The maximum absolute atomic E-state index is 14.3. The second kappa shape index (κ2) is 7.09. The normalized spacial score (nSPS) is 20.8. The molecular weight excluding hydrogens is 345 g/mol. The van der Waals surface area contributed by atoms with Crippen LogP contribution in [0.2, 0.25) is 0 Å². The number of carboxylic acid groups (broad SMARTS) is 1. The molecule has 2 atom stereocenters. The van der Waals surface area contributed by atoms with Crippen LogP contribution in [-0.2, 0) is 16.1 Å². The topological polar surface area (TPSA) is 66.8 Å². The summed E-state index contributed by atoms with van der Waals surface area (Å²) in [6.07, 6.45) is 1.19. The van der Waals surface area contributed by atoms with Gasteiger partial charge in [0.1, 0.15) is 11.9 Å². The Labute approximate surface area is 149 Å². The maximum Gasteiger partial charge on any atom is 0.326 e. The average molecular weight is 365 g/mol. The van der Waals surface area contributed by atoms with E-state index in [0.717, 1.165) is 6.42 Å². The van der Waals surface area contributed by atoms with E-state index in [0.29, 0.717) is 33.5 Å². The van der Waals surface area contributed by atoms with Crippen molar-refractivity contribution in [3.63, 3.8) is 0 Å². The molecule has 25 heavy (non-hydrogen) atoms. The van der Waals surface area contributed by atoms with Gasteiger partial charge in [0.25, 0.3) is 5.91 Å². The molecule has 1 aromatic heterocycles. The van der Waals surface area contributed by atoms with Crippen LogP contribution in [0, 0.1) is 11.7 Å². The Morgan fingerprint density at radius 3 is 2.88 bits per heavy atom. The molecule has 1 fully saturated rings. The number of rotatable bonds is 4. The van der Waals surface area contributed by atoms with E-state index in [-0.39, 0.29) is 18.4 Å². The molecule has 0 bridgehead atoms. The van der Waals surface area contributed by atoms with Gasteiger partial charge in [0, 0.05) is 29.3 Å². The number of methoxy groups -OCH3 is 1. The third kappa shape index (κ3) is 3.26. The molecule has 2 aromatic rings. The van der Waals surface area contributed by atoms with Crippen LogP contribution in [0.3, 0.4) is 0 Å². The Kier molecular flexibility index (Phi) is 5.06. The predicted molar refractivity (Wildman–Crippen MR) is 93.4 cm³/mol. The van der Waals surface area contributed by atoms with Crippen molar-refractivity contribution >= 4 is 33.3 Å². The van der Waals surface area contributed by atoms with Gasteiger partial charge in [0.15, 0.2) is 0 Å². The number of piperidine rings is 1. The molecule has 0 radical (unpaired) electrons. The molecule has 0 spiro atoms. The smallest absolute Gasteiger partial charge is 0.326 e. The van der Waals surface area contributed by atoms with E-state index in [1.165, 1.54) is 29.4 Å². The van der Waals surface area contributed by atoms with Gasteiger partial charge in [-0.25, -0.2) is 9.18 Å². The number of carboxylic acids is 1. The first-order valence-corrected chi connectivity index (χ1v) is 8.98. The highest BCUT2D eigenvalue weighted by Gasteiger charge is 2.36. The number of hydrogen-bond donors (Lipinski definition) is 1. The second-order valence-electron chi connectivity index (χ2n) is 6.44. The third-order valence-corrected chi connectivity index (χ3v) is 5.84. The van der Waals surface area contributed by atoms with E-state index in [4.69, 9.17) is 4.74 Å². The summed E-state index contributed by atoms with van der Waals surface area (Å²) in [5.74, 6) is -1.50. The van der Waals surface area contributed by atoms with Crippen molar-refractivity contribution in [2.45, 2.75) is 32.4 Å².